The van der Waals surface area contributed by atoms with Crippen molar-refractivity contribution in [2.75, 3.05) is 19.1 Å². The highest BCUT2D eigenvalue weighted by Crippen LogP contribution is 2.50. The summed E-state index contributed by atoms with van der Waals surface area (Å²) in [5, 5.41) is 7.77. The molecule has 2 atom stereocenters. The van der Waals surface area contributed by atoms with E-state index in [0.717, 1.165) is 12.2 Å². The van der Waals surface area contributed by atoms with Gasteiger partial charge in [0.25, 0.3) is 0 Å². The molecular formula is C17H19N3O2. The lowest BCUT2D eigenvalue weighted by atomic mass is 10.1. The van der Waals surface area contributed by atoms with Gasteiger partial charge in [-0.1, -0.05) is 12.1 Å². The normalized spacial score (nSPS) is 19.5. The second-order valence-corrected chi connectivity index (χ2v) is 5.61. The van der Waals surface area contributed by atoms with Crippen LogP contribution in [0.15, 0.2) is 42.6 Å². The molecule has 3 rings (SSSR count). The highest BCUT2D eigenvalue weighted by atomic mass is 16.5. The average Bonchev–Trinajstić information content (AvgIpc) is 3.34. The Bertz CT molecular complexity index is 643. The molecule has 1 heterocycles. The molecule has 1 aliphatic rings. The van der Waals surface area contributed by atoms with Crippen LogP contribution < -0.4 is 9.64 Å². The van der Waals surface area contributed by atoms with Crippen molar-refractivity contribution in [1.82, 2.24) is 10.2 Å². The number of benzene rings is 1. The fourth-order valence-corrected chi connectivity index (χ4v) is 2.69. The third-order valence-corrected chi connectivity index (χ3v) is 4.18. The molecule has 0 saturated heterocycles. The largest absolute Gasteiger partial charge is 0.497 e. The molecule has 1 aromatic carbocycles. The van der Waals surface area contributed by atoms with E-state index in [9.17, 15) is 4.79 Å². The van der Waals surface area contributed by atoms with Crippen LogP contribution >= 0.6 is 0 Å². The Labute approximate surface area is 129 Å². The van der Waals surface area contributed by atoms with Gasteiger partial charge in [-0.3, -0.25) is 9.69 Å². The minimum Gasteiger partial charge on any atom is -0.497 e. The number of ether oxygens (including phenoxy) is 1. The lowest BCUT2D eigenvalue weighted by Gasteiger charge is -2.15. The van der Waals surface area contributed by atoms with E-state index < -0.39 is 0 Å². The maximum Gasteiger partial charge on any atom is 0.228 e. The molecule has 1 amide bonds. The molecule has 0 aliphatic heterocycles. The first-order chi connectivity index (χ1) is 10.7. The number of aromatic nitrogens is 2. The van der Waals surface area contributed by atoms with Gasteiger partial charge in [0.1, 0.15) is 5.75 Å². The monoisotopic (exact) mass is 297 g/mol. The summed E-state index contributed by atoms with van der Waals surface area (Å²) in [7, 11) is 3.41. The van der Waals surface area contributed by atoms with Gasteiger partial charge in [0, 0.05) is 19.7 Å². The number of nitrogens with zero attached hydrogens (tertiary/aromatic N) is 3. The van der Waals surface area contributed by atoms with Crippen molar-refractivity contribution in [3.63, 3.8) is 0 Å². The minimum absolute atomic E-state index is 0.0847. The maximum atomic E-state index is 12.3. The molecule has 0 radical (unpaired) electrons. The fourth-order valence-electron chi connectivity index (χ4n) is 2.69. The molecule has 1 aliphatic carbocycles. The first kappa shape index (κ1) is 14.5. The van der Waals surface area contributed by atoms with E-state index in [1.165, 1.54) is 5.56 Å². The number of rotatable bonds is 5. The molecule has 0 spiro atoms. The molecule has 2 aromatic rings. The minimum atomic E-state index is 0.0847. The van der Waals surface area contributed by atoms with Gasteiger partial charge < -0.3 is 4.74 Å². The number of amides is 1. The lowest BCUT2D eigenvalue weighted by Crippen LogP contribution is -2.27. The van der Waals surface area contributed by atoms with E-state index in [1.54, 1.807) is 37.4 Å². The number of carbonyl (C=O) groups is 1. The van der Waals surface area contributed by atoms with Crippen molar-refractivity contribution in [1.29, 1.82) is 0 Å². The van der Waals surface area contributed by atoms with Crippen molar-refractivity contribution in [2.45, 2.75) is 18.8 Å². The number of methoxy groups -OCH3 is 1. The van der Waals surface area contributed by atoms with Gasteiger partial charge in [-0.15, -0.1) is 5.10 Å². The topological polar surface area (TPSA) is 55.3 Å². The summed E-state index contributed by atoms with van der Waals surface area (Å²) in [4.78, 5) is 13.9. The zero-order valence-corrected chi connectivity index (χ0v) is 12.8. The quantitative estimate of drug-likeness (QED) is 0.851. The lowest BCUT2D eigenvalue weighted by molar-refractivity contribution is -0.118. The summed E-state index contributed by atoms with van der Waals surface area (Å²) in [5.41, 5.74) is 1.28. The van der Waals surface area contributed by atoms with E-state index in [2.05, 4.69) is 22.3 Å². The van der Waals surface area contributed by atoms with Crippen LogP contribution in [0.4, 0.5) is 5.82 Å². The predicted molar refractivity (Wildman–Crippen MR) is 83.9 cm³/mol. The molecule has 5 nitrogen and oxygen atoms in total. The van der Waals surface area contributed by atoms with Gasteiger partial charge in [0.05, 0.1) is 7.11 Å². The van der Waals surface area contributed by atoms with Gasteiger partial charge in [0.15, 0.2) is 5.82 Å². The number of carbonyl (C=O) groups excluding carboxylic acids is 1. The summed E-state index contributed by atoms with van der Waals surface area (Å²) in [6.45, 7) is 0. The van der Waals surface area contributed by atoms with Crippen LogP contribution in [-0.2, 0) is 4.79 Å². The Balaban J connectivity index is 1.57. The van der Waals surface area contributed by atoms with Crippen LogP contribution in [0, 0.1) is 5.92 Å². The van der Waals surface area contributed by atoms with Crippen molar-refractivity contribution < 1.29 is 9.53 Å². The van der Waals surface area contributed by atoms with Gasteiger partial charge in [0.2, 0.25) is 5.91 Å². The van der Waals surface area contributed by atoms with Gasteiger partial charge >= 0.3 is 0 Å². The Morgan fingerprint density at radius 2 is 2.09 bits per heavy atom. The molecule has 114 valence electrons. The molecule has 1 fully saturated rings. The van der Waals surface area contributed by atoms with Crippen molar-refractivity contribution in [3.05, 3.63) is 48.2 Å². The first-order valence-electron chi connectivity index (χ1n) is 7.37. The second kappa shape index (κ2) is 6.13. The van der Waals surface area contributed by atoms with Gasteiger partial charge in [-0.05, 0) is 48.1 Å². The Morgan fingerprint density at radius 3 is 2.73 bits per heavy atom. The molecule has 5 heteroatoms. The summed E-state index contributed by atoms with van der Waals surface area (Å²) in [5.74, 6) is 2.43. The van der Waals surface area contributed by atoms with Crippen molar-refractivity contribution in [2.24, 2.45) is 5.92 Å². The summed E-state index contributed by atoms with van der Waals surface area (Å²) in [6.07, 6.45) is 3.21. The SMILES string of the molecule is COc1ccc([C@@H]2C[C@H]2CC(=O)N(C)c2cccnn2)cc1. The molecule has 0 unspecified atom stereocenters. The molecule has 0 bridgehead atoms. The van der Waals surface area contributed by atoms with E-state index in [-0.39, 0.29) is 5.91 Å². The van der Waals surface area contributed by atoms with E-state index in [4.69, 9.17) is 4.74 Å². The highest BCUT2D eigenvalue weighted by molar-refractivity contribution is 5.92. The summed E-state index contributed by atoms with van der Waals surface area (Å²) >= 11 is 0. The van der Waals surface area contributed by atoms with Crippen LogP contribution in [-0.4, -0.2) is 30.3 Å². The van der Waals surface area contributed by atoms with E-state index >= 15 is 0 Å². The fraction of sp³-hybridized carbons (Fsp3) is 0.353. The average molecular weight is 297 g/mol. The zero-order valence-electron chi connectivity index (χ0n) is 12.8. The van der Waals surface area contributed by atoms with Crippen LogP contribution in [0.3, 0.4) is 0 Å². The van der Waals surface area contributed by atoms with Crippen LogP contribution in [0.5, 0.6) is 5.75 Å². The van der Waals surface area contributed by atoms with Crippen LogP contribution in [0.25, 0.3) is 0 Å². The first-order valence-corrected chi connectivity index (χ1v) is 7.37. The predicted octanol–water partition coefficient (Wildman–Crippen LogP) is 2.64. The zero-order chi connectivity index (χ0) is 15.5. The number of hydrogen-bond acceptors (Lipinski definition) is 4. The van der Waals surface area contributed by atoms with E-state index in [0.29, 0.717) is 24.1 Å². The van der Waals surface area contributed by atoms with Gasteiger partial charge in [-0.2, -0.15) is 5.10 Å². The Kier molecular flexibility index (Phi) is 4.04. The van der Waals surface area contributed by atoms with Crippen molar-refractivity contribution >= 4 is 11.7 Å². The molecule has 0 N–H and O–H groups in total. The highest BCUT2D eigenvalue weighted by Gasteiger charge is 2.40. The van der Waals surface area contributed by atoms with Crippen LogP contribution in [0.1, 0.15) is 24.3 Å². The summed E-state index contributed by atoms with van der Waals surface area (Å²) in [6, 6.07) is 11.7. The molecular weight excluding hydrogens is 278 g/mol. The van der Waals surface area contributed by atoms with Crippen molar-refractivity contribution in [3.8, 4) is 5.75 Å². The number of hydrogen-bond donors (Lipinski definition) is 0. The number of anilines is 1. The molecule has 1 aromatic heterocycles. The van der Waals surface area contributed by atoms with Gasteiger partial charge in [-0.25, -0.2) is 0 Å². The second-order valence-electron chi connectivity index (χ2n) is 5.61. The van der Waals surface area contributed by atoms with Crippen LogP contribution in [0.2, 0.25) is 0 Å². The Morgan fingerprint density at radius 1 is 1.32 bits per heavy atom. The standard InChI is InChI=1S/C17H19N3O2/c1-20(16-4-3-9-18-19-16)17(21)11-13-10-15(13)12-5-7-14(22-2)8-6-12/h3-9,13,15H,10-11H2,1-2H3/t13-,15-/m0/s1. The molecule has 1 saturated carbocycles. The Hall–Kier alpha value is -2.43. The third-order valence-electron chi connectivity index (χ3n) is 4.18. The third kappa shape index (κ3) is 3.08. The molecule has 22 heavy (non-hydrogen) atoms. The summed E-state index contributed by atoms with van der Waals surface area (Å²) < 4.78 is 5.17. The maximum absolute atomic E-state index is 12.3. The van der Waals surface area contributed by atoms with E-state index in [1.807, 2.05) is 12.1 Å². The smallest absolute Gasteiger partial charge is 0.228 e.